The molecule has 1 aliphatic carbocycles. The van der Waals surface area contributed by atoms with Gasteiger partial charge in [-0.15, -0.1) is 0 Å². The number of amides is 1. The molecule has 1 atom stereocenters. The number of hydrogen-bond acceptors (Lipinski definition) is 3. The van der Waals surface area contributed by atoms with Crippen LogP contribution in [0.4, 0.5) is 0 Å². The molecule has 4 rings (SSSR count). The Bertz CT molecular complexity index is 957. The van der Waals surface area contributed by atoms with Crippen LogP contribution < -0.4 is 4.72 Å². The van der Waals surface area contributed by atoms with Gasteiger partial charge in [0.15, 0.2) is 0 Å². The second-order valence-corrected chi connectivity index (χ2v) is 9.55. The van der Waals surface area contributed by atoms with Gasteiger partial charge in [-0.05, 0) is 60.4 Å². The number of nitrogens with zero attached hydrogens (tertiary/aromatic N) is 1. The van der Waals surface area contributed by atoms with Crippen molar-refractivity contribution in [1.82, 2.24) is 9.62 Å². The Morgan fingerprint density at radius 1 is 1.04 bits per heavy atom. The van der Waals surface area contributed by atoms with Gasteiger partial charge in [-0.25, -0.2) is 13.1 Å². The minimum absolute atomic E-state index is 0.0208. The molecule has 148 valence electrons. The third kappa shape index (κ3) is 4.28. The van der Waals surface area contributed by atoms with Gasteiger partial charge in [0.2, 0.25) is 15.9 Å². The molecule has 6 heteroatoms. The molecule has 5 nitrogen and oxygen atoms in total. The Morgan fingerprint density at radius 3 is 2.64 bits per heavy atom. The fraction of sp³-hybridized carbons (Fsp3) is 0.409. The van der Waals surface area contributed by atoms with Crippen LogP contribution in [-0.2, 0) is 34.1 Å². The molecule has 1 aliphatic heterocycles. The summed E-state index contributed by atoms with van der Waals surface area (Å²) in [6.07, 6.45) is 4.30. The zero-order valence-corrected chi connectivity index (χ0v) is 16.7. The molecule has 1 fully saturated rings. The van der Waals surface area contributed by atoms with Crippen LogP contribution in [0.2, 0.25) is 0 Å². The number of sulfonamides is 1. The van der Waals surface area contributed by atoms with Gasteiger partial charge in [0.1, 0.15) is 0 Å². The zero-order chi connectivity index (χ0) is 19.6. The van der Waals surface area contributed by atoms with E-state index in [0.29, 0.717) is 31.0 Å². The lowest BCUT2D eigenvalue weighted by Gasteiger charge is -2.17. The van der Waals surface area contributed by atoms with Crippen LogP contribution in [0.5, 0.6) is 0 Å². The SMILES string of the molecule is O=C1CC(CNS(=O)(=O)c2ccc3c(c2)CCC3)CN1CCc1ccccc1. The Kier molecular flexibility index (Phi) is 5.51. The van der Waals surface area contributed by atoms with Crippen molar-refractivity contribution < 1.29 is 13.2 Å². The monoisotopic (exact) mass is 398 g/mol. The number of fused-ring (bicyclic) bond motifs is 1. The highest BCUT2D eigenvalue weighted by molar-refractivity contribution is 7.89. The number of carbonyl (C=O) groups excluding carboxylic acids is 1. The number of rotatable bonds is 7. The van der Waals surface area contributed by atoms with Gasteiger partial charge in [0.05, 0.1) is 4.90 Å². The van der Waals surface area contributed by atoms with Crippen LogP contribution >= 0.6 is 0 Å². The number of hydrogen-bond donors (Lipinski definition) is 1. The molecule has 0 saturated carbocycles. The fourth-order valence-electron chi connectivity index (χ4n) is 4.14. The van der Waals surface area contributed by atoms with Crippen molar-refractivity contribution in [2.24, 2.45) is 5.92 Å². The summed E-state index contributed by atoms with van der Waals surface area (Å²) in [6, 6.07) is 15.5. The first-order valence-corrected chi connectivity index (χ1v) is 11.4. The lowest BCUT2D eigenvalue weighted by molar-refractivity contribution is -0.127. The second kappa shape index (κ2) is 8.05. The van der Waals surface area contributed by atoms with Crippen molar-refractivity contribution in [1.29, 1.82) is 0 Å². The van der Waals surface area contributed by atoms with Crippen LogP contribution in [0.1, 0.15) is 29.5 Å². The van der Waals surface area contributed by atoms with E-state index in [1.807, 2.05) is 29.2 Å². The van der Waals surface area contributed by atoms with Gasteiger partial charge in [-0.1, -0.05) is 36.4 Å². The molecule has 0 radical (unpaired) electrons. The van der Waals surface area contributed by atoms with Crippen molar-refractivity contribution in [3.05, 3.63) is 65.2 Å². The molecule has 1 heterocycles. The first kappa shape index (κ1) is 19.2. The lowest BCUT2D eigenvalue weighted by atomic mass is 10.1. The lowest BCUT2D eigenvalue weighted by Crippen LogP contribution is -2.32. The largest absolute Gasteiger partial charge is 0.342 e. The number of carbonyl (C=O) groups is 1. The number of benzene rings is 2. The van der Waals surface area contributed by atoms with E-state index >= 15 is 0 Å². The molecule has 2 aliphatic rings. The molecular formula is C22H26N2O3S. The average molecular weight is 399 g/mol. The maximum Gasteiger partial charge on any atom is 0.240 e. The van der Waals surface area contributed by atoms with Gasteiger partial charge in [0.25, 0.3) is 0 Å². The molecular weight excluding hydrogens is 372 g/mol. The van der Waals surface area contributed by atoms with Crippen LogP contribution in [-0.4, -0.2) is 38.9 Å². The van der Waals surface area contributed by atoms with Crippen LogP contribution in [0, 0.1) is 5.92 Å². The van der Waals surface area contributed by atoms with Crippen molar-refractivity contribution in [3.63, 3.8) is 0 Å². The van der Waals surface area contributed by atoms with Crippen molar-refractivity contribution >= 4 is 15.9 Å². The number of nitrogens with one attached hydrogen (secondary N) is 1. The van der Waals surface area contributed by atoms with Crippen LogP contribution in [0.15, 0.2) is 53.4 Å². The predicted molar refractivity (Wildman–Crippen MR) is 108 cm³/mol. The summed E-state index contributed by atoms with van der Waals surface area (Å²) in [6.45, 7) is 1.59. The zero-order valence-electron chi connectivity index (χ0n) is 15.9. The maximum atomic E-state index is 12.7. The third-order valence-electron chi connectivity index (χ3n) is 5.75. The van der Waals surface area contributed by atoms with Gasteiger partial charge in [-0.2, -0.15) is 0 Å². The highest BCUT2D eigenvalue weighted by atomic mass is 32.2. The minimum Gasteiger partial charge on any atom is -0.342 e. The topological polar surface area (TPSA) is 66.5 Å². The Balaban J connectivity index is 1.31. The first-order valence-electron chi connectivity index (χ1n) is 9.94. The first-order chi connectivity index (χ1) is 13.5. The van der Waals surface area contributed by atoms with Gasteiger partial charge >= 0.3 is 0 Å². The molecule has 0 aromatic heterocycles. The minimum atomic E-state index is -3.54. The quantitative estimate of drug-likeness (QED) is 0.779. The van der Waals surface area contributed by atoms with E-state index < -0.39 is 10.0 Å². The standard InChI is InChI=1S/C22H26N2O3S/c25-22-13-18(16-24(22)12-11-17-5-2-1-3-6-17)15-23-28(26,27)21-10-9-19-7-4-8-20(19)14-21/h1-3,5-6,9-10,14,18,23H,4,7-8,11-13,15-16H2. The molecule has 2 aromatic carbocycles. The average Bonchev–Trinajstić information content (AvgIpc) is 3.31. The molecule has 1 unspecified atom stereocenters. The Hall–Kier alpha value is -2.18. The molecule has 0 spiro atoms. The Labute approximate surface area is 166 Å². The number of aryl methyl sites for hydroxylation is 2. The normalized spacial score (nSPS) is 19.2. The van der Waals surface area contributed by atoms with E-state index in [4.69, 9.17) is 0 Å². The number of likely N-dealkylation sites (tertiary alicyclic amines) is 1. The van der Waals surface area contributed by atoms with E-state index in [1.165, 1.54) is 11.1 Å². The van der Waals surface area contributed by atoms with Gasteiger partial charge in [-0.3, -0.25) is 4.79 Å². The molecule has 1 amide bonds. The van der Waals surface area contributed by atoms with Crippen LogP contribution in [0.25, 0.3) is 0 Å². The smallest absolute Gasteiger partial charge is 0.240 e. The van der Waals surface area contributed by atoms with E-state index in [9.17, 15) is 13.2 Å². The van der Waals surface area contributed by atoms with Crippen LogP contribution in [0.3, 0.4) is 0 Å². The van der Waals surface area contributed by atoms with Crippen molar-refractivity contribution in [2.75, 3.05) is 19.6 Å². The summed E-state index contributed by atoms with van der Waals surface area (Å²) in [4.78, 5) is 14.5. The van der Waals surface area contributed by atoms with E-state index in [1.54, 1.807) is 12.1 Å². The fourth-order valence-corrected chi connectivity index (χ4v) is 5.31. The van der Waals surface area contributed by atoms with Crippen molar-refractivity contribution in [3.8, 4) is 0 Å². The Morgan fingerprint density at radius 2 is 1.82 bits per heavy atom. The summed E-state index contributed by atoms with van der Waals surface area (Å²) in [5.41, 5.74) is 3.61. The van der Waals surface area contributed by atoms with Crippen molar-refractivity contribution in [2.45, 2.75) is 37.0 Å². The predicted octanol–water partition coefficient (Wildman–Crippen LogP) is 2.54. The maximum absolute atomic E-state index is 12.7. The molecule has 1 saturated heterocycles. The third-order valence-corrected chi connectivity index (χ3v) is 7.17. The van der Waals surface area contributed by atoms with E-state index in [2.05, 4.69) is 16.9 Å². The molecule has 0 bridgehead atoms. The van der Waals surface area contributed by atoms with Gasteiger partial charge < -0.3 is 4.90 Å². The molecule has 2 aromatic rings. The summed E-state index contributed by atoms with van der Waals surface area (Å²) in [5.74, 6) is 0.130. The summed E-state index contributed by atoms with van der Waals surface area (Å²) in [7, 11) is -3.54. The summed E-state index contributed by atoms with van der Waals surface area (Å²) < 4.78 is 28.0. The molecule has 28 heavy (non-hydrogen) atoms. The second-order valence-electron chi connectivity index (χ2n) is 7.78. The molecule has 1 N–H and O–H groups in total. The highest BCUT2D eigenvalue weighted by Crippen LogP contribution is 2.25. The highest BCUT2D eigenvalue weighted by Gasteiger charge is 2.30. The summed E-state index contributed by atoms with van der Waals surface area (Å²) >= 11 is 0. The van der Waals surface area contributed by atoms with E-state index in [0.717, 1.165) is 31.2 Å². The van der Waals surface area contributed by atoms with E-state index in [-0.39, 0.29) is 11.8 Å². The van der Waals surface area contributed by atoms with Gasteiger partial charge in [0, 0.05) is 26.1 Å². The summed E-state index contributed by atoms with van der Waals surface area (Å²) in [5, 5.41) is 0.